The number of carbonyl (C=O) groups is 4. The van der Waals surface area contributed by atoms with Gasteiger partial charge in [0, 0.05) is 30.0 Å². The molecule has 1 aromatic carbocycles. The number of aliphatic hydroxyl groups is 3. The van der Waals surface area contributed by atoms with Crippen LogP contribution in [0.1, 0.15) is 53.0 Å². The van der Waals surface area contributed by atoms with Crippen LogP contribution in [0.5, 0.6) is 0 Å². The summed E-state index contributed by atoms with van der Waals surface area (Å²) in [4.78, 5) is 47.3. The summed E-state index contributed by atoms with van der Waals surface area (Å²) in [5.41, 5.74) is -1.16. The average molecular weight is 420 g/mol. The van der Waals surface area contributed by atoms with Gasteiger partial charge in [0.05, 0.1) is 13.2 Å². The quantitative estimate of drug-likeness (QED) is 0.339. The second-order valence-electron chi connectivity index (χ2n) is 7.22. The number of hydrogen-bond acceptors (Lipinski definition) is 9. The summed E-state index contributed by atoms with van der Waals surface area (Å²) in [5.74, 6) is -2.48. The lowest BCUT2D eigenvalue weighted by Crippen LogP contribution is -2.57. The minimum Gasteiger partial charge on any atom is -0.467 e. The van der Waals surface area contributed by atoms with E-state index in [0.29, 0.717) is 5.56 Å². The molecule has 0 unspecified atom stereocenters. The van der Waals surface area contributed by atoms with E-state index in [2.05, 4.69) is 4.74 Å². The van der Waals surface area contributed by atoms with Gasteiger partial charge in [-0.15, -0.1) is 0 Å². The Morgan fingerprint density at radius 3 is 2.27 bits per heavy atom. The maximum atomic E-state index is 12.2. The number of carbonyl (C=O) groups excluding carboxylic acids is 4. The van der Waals surface area contributed by atoms with Crippen molar-refractivity contribution in [3.63, 3.8) is 0 Å². The molecular weight excluding hydrogens is 396 g/mol. The fourth-order valence-corrected chi connectivity index (χ4v) is 3.34. The minimum absolute atomic E-state index is 0.215. The van der Waals surface area contributed by atoms with Gasteiger partial charge in [-0.25, -0.2) is 9.59 Å². The highest BCUT2D eigenvalue weighted by molar-refractivity contribution is 6.07. The van der Waals surface area contributed by atoms with Gasteiger partial charge in [0.15, 0.2) is 17.2 Å². The first-order chi connectivity index (χ1) is 14.0. The van der Waals surface area contributed by atoms with E-state index in [4.69, 9.17) is 4.74 Å². The van der Waals surface area contributed by atoms with E-state index in [-0.39, 0.29) is 22.7 Å². The van der Waals surface area contributed by atoms with Crippen molar-refractivity contribution in [2.45, 2.75) is 50.6 Å². The van der Waals surface area contributed by atoms with Gasteiger partial charge in [-0.2, -0.15) is 0 Å². The predicted octanol–water partition coefficient (Wildman–Crippen LogP) is 0.436. The largest absolute Gasteiger partial charge is 0.467 e. The molecule has 0 heterocycles. The normalized spacial score (nSPS) is 26.3. The van der Waals surface area contributed by atoms with Crippen molar-refractivity contribution in [2.24, 2.45) is 0 Å². The van der Waals surface area contributed by atoms with E-state index in [1.54, 1.807) is 6.07 Å². The van der Waals surface area contributed by atoms with Gasteiger partial charge < -0.3 is 24.8 Å². The van der Waals surface area contributed by atoms with Crippen molar-refractivity contribution in [1.29, 1.82) is 0 Å². The Morgan fingerprint density at radius 1 is 1.07 bits per heavy atom. The Kier molecular flexibility index (Phi) is 7.25. The van der Waals surface area contributed by atoms with E-state index < -0.39 is 48.7 Å². The van der Waals surface area contributed by atoms with Crippen LogP contribution in [0, 0.1) is 0 Å². The number of ether oxygens (including phenoxy) is 2. The van der Waals surface area contributed by atoms with E-state index in [1.165, 1.54) is 32.1 Å². The molecule has 1 aliphatic carbocycles. The topological polar surface area (TPSA) is 147 Å². The van der Waals surface area contributed by atoms with Crippen LogP contribution in [-0.4, -0.2) is 69.8 Å². The maximum absolute atomic E-state index is 12.2. The Morgan fingerprint density at radius 2 is 1.70 bits per heavy atom. The molecule has 1 fully saturated rings. The van der Waals surface area contributed by atoms with Crippen LogP contribution < -0.4 is 0 Å². The van der Waals surface area contributed by atoms with Gasteiger partial charge in [0.2, 0.25) is 0 Å². The third kappa shape index (κ3) is 5.18. The Balaban J connectivity index is 2.15. The molecule has 1 aliphatic rings. The molecule has 162 valence electrons. The number of hydrogen-bond donors (Lipinski definition) is 3. The summed E-state index contributed by atoms with van der Waals surface area (Å²) in [5, 5.41) is 30.3. The van der Waals surface area contributed by atoms with Gasteiger partial charge in [-0.1, -0.05) is 12.1 Å². The first-order valence-electron chi connectivity index (χ1n) is 9.20. The SMILES string of the molecule is COC(=O)[C@]1(O)C[C@H](OC(=O)C=Cc2ccc(C(C)=O)c(C(C)=O)c2)[C@@H](O)[C@@H](O)C1. The van der Waals surface area contributed by atoms with Crippen molar-refractivity contribution in [1.82, 2.24) is 0 Å². The third-order valence-electron chi connectivity index (χ3n) is 4.91. The molecule has 9 heteroatoms. The van der Waals surface area contributed by atoms with Crippen molar-refractivity contribution in [3.8, 4) is 0 Å². The van der Waals surface area contributed by atoms with Crippen molar-refractivity contribution in [2.75, 3.05) is 7.11 Å². The number of ketones is 2. The molecule has 0 spiro atoms. The monoisotopic (exact) mass is 420 g/mol. The van der Waals surface area contributed by atoms with Crippen LogP contribution in [0.3, 0.4) is 0 Å². The molecule has 9 nitrogen and oxygen atoms in total. The molecule has 0 saturated heterocycles. The van der Waals surface area contributed by atoms with Gasteiger partial charge in [-0.3, -0.25) is 9.59 Å². The molecular formula is C21H24O9. The van der Waals surface area contributed by atoms with Crippen LogP contribution in [0.2, 0.25) is 0 Å². The third-order valence-corrected chi connectivity index (χ3v) is 4.91. The maximum Gasteiger partial charge on any atom is 0.338 e. The zero-order chi connectivity index (χ0) is 22.6. The molecule has 0 aliphatic heterocycles. The van der Waals surface area contributed by atoms with Gasteiger partial charge >= 0.3 is 11.9 Å². The zero-order valence-electron chi connectivity index (χ0n) is 16.8. The molecule has 0 bridgehead atoms. The number of aliphatic hydroxyl groups excluding tert-OH is 2. The Bertz CT molecular complexity index is 888. The number of rotatable bonds is 6. The Hall–Kier alpha value is -2.88. The first kappa shape index (κ1) is 23.4. The summed E-state index contributed by atoms with van der Waals surface area (Å²) in [6.07, 6.45) is -2.87. The number of Topliss-reactive ketones (excluding diaryl/α,β-unsaturated/α-hetero) is 2. The molecule has 2 rings (SSSR count). The van der Waals surface area contributed by atoms with Crippen LogP contribution in [0.4, 0.5) is 0 Å². The zero-order valence-corrected chi connectivity index (χ0v) is 16.8. The van der Waals surface area contributed by atoms with E-state index in [9.17, 15) is 34.5 Å². The summed E-state index contributed by atoms with van der Waals surface area (Å²) < 4.78 is 9.61. The van der Waals surface area contributed by atoms with Crippen molar-refractivity contribution < 1.29 is 44.0 Å². The predicted molar refractivity (Wildman–Crippen MR) is 104 cm³/mol. The minimum atomic E-state index is -2.10. The van der Waals surface area contributed by atoms with Gasteiger partial charge in [0.25, 0.3) is 0 Å². The molecule has 0 radical (unpaired) electrons. The molecule has 4 atom stereocenters. The highest BCUT2D eigenvalue weighted by atomic mass is 16.6. The molecule has 0 amide bonds. The fraction of sp³-hybridized carbons (Fsp3) is 0.429. The first-order valence-corrected chi connectivity index (χ1v) is 9.20. The second-order valence-corrected chi connectivity index (χ2v) is 7.22. The lowest BCUT2D eigenvalue weighted by molar-refractivity contribution is -0.198. The van der Waals surface area contributed by atoms with Gasteiger partial charge in [-0.05, 0) is 31.6 Å². The highest BCUT2D eigenvalue weighted by Crippen LogP contribution is 2.32. The van der Waals surface area contributed by atoms with Gasteiger partial charge in [0.1, 0.15) is 12.2 Å². The standard InChI is InChI=1S/C21H24O9/c1-11(22)14-6-4-13(8-15(14)12(2)23)5-7-18(25)30-17-10-21(28,20(27)29-3)9-16(24)19(17)26/h4-8,16-17,19,24,26,28H,9-10H2,1-3H3/t16-,17-,19-,21+/m0/s1. The lowest BCUT2D eigenvalue weighted by atomic mass is 9.79. The van der Waals surface area contributed by atoms with Crippen molar-refractivity contribution >= 4 is 29.6 Å². The van der Waals surface area contributed by atoms with Crippen LogP contribution in [-0.2, 0) is 19.1 Å². The molecule has 1 aromatic rings. The van der Waals surface area contributed by atoms with Crippen molar-refractivity contribution in [3.05, 3.63) is 41.0 Å². The number of benzene rings is 1. The lowest BCUT2D eigenvalue weighted by Gasteiger charge is -2.39. The van der Waals surface area contributed by atoms with E-state index >= 15 is 0 Å². The van der Waals surface area contributed by atoms with E-state index in [1.807, 2.05) is 0 Å². The molecule has 30 heavy (non-hydrogen) atoms. The average Bonchev–Trinajstić information content (AvgIpc) is 2.69. The van der Waals surface area contributed by atoms with E-state index in [0.717, 1.165) is 13.2 Å². The number of esters is 2. The summed E-state index contributed by atoms with van der Waals surface area (Å²) >= 11 is 0. The molecule has 0 aromatic heterocycles. The summed E-state index contributed by atoms with van der Waals surface area (Å²) in [6.45, 7) is 2.66. The second kappa shape index (κ2) is 9.29. The van der Waals surface area contributed by atoms with Crippen LogP contribution >= 0.6 is 0 Å². The molecule has 1 saturated carbocycles. The van der Waals surface area contributed by atoms with Crippen LogP contribution in [0.15, 0.2) is 24.3 Å². The molecule has 3 N–H and O–H groups in total. The fourth-order valence-electron chi connectivity index (χ4n) is 3.34. The number of methoxy groups -OCH3 is 1. The summed E-state index contributed by atoms with van der Waals surface area (Å²) in [6, 6.07) is 4.47. The Labute approximate surface area is 172 Å². The highest BCUT2D eigenvalue weighted by Gasteiger charge is 2.50. The van der Waals surface area contributed by atoms with Crippen LogP contribution in [0.25, 0.3) is 6.08 Å². The smallest absolute Gasteiger partial charge is 0.338 e. The summed E-state index contributed by atoms with van der Waals surface area (Å²) in [7, 11) is 1.06.